The standard InChI is InChI=1S/C26H28O4Si4/c1-31-27-33(23-15-7-3-8-16-23,24-17-9-4-10-18-24)29-32(2)30-34(28-31,25-19-11-5-12-20-25)26-21-13-6-14-22-26/h3-22,31-32H,1-2H3. The second kappa shape index (κ2) is 10.1. The average Bonchev–Trinajstić information content (AvgIpc) is 2.89. The summed E-state index contributed by atoms with van der Waals surface area (Å²) in [5, 5.41) is 4.34. The van der Waals surface area contributed by atoms with Gasteiger partial charge in [-0.25, -0.2) is 0 Å². The van der Waals surface area contributed by atoms with Crippen LogP contribution < -0.4 is 20.7 Å². The molecule has 1 aliphatic rings. The Hall–Kier alpha value is -2.41. The van der Waals surface area contributed by atoms with E-state index >= 15 is 0 Å². The van der Waals surface area contributed by atoms with Crippen molar-refractivity contribution in [1.82, 2.24) is 0 Å². The minimum Gasteiger partial charge on any atom is -0.411 e. The first-order valence-corrected chi connectivity index (χ1v) is 19.4. The molecule has 4 aromatic rings. The molecule has 0 amide bonds. The molecule has 0 unspecified atom stereocenters. The third-order valence-electron chi connectivity index (χ3n) is 5.94. The van der Waals surface area contributed by atoms with Crippen LogP contribution in [-0.4, -0.2) is 35.7 Å². The Kier molecular flexibility index (Phi) is 6.91. The topological polar surface area (TPSA) is 36.9 Å². The molecule has 1 fully saturated rings. The summed E-state index contributed by atoms with van der Waals surface area (Å²) >= 11 is 0. The van der Waals surface area contributed by atoms with Gasteiger partial charge in [-0.05, 0) is 33.8 Å². The van der Waals surface area contributed by atoms with E-state index in [-0.39, 0.29) is 0 Å². The van der Waals surface area contributed by atoms with Crippen molar-refractivity contribution in [2.24, 2.45) is 0 Å². The van der Waals surface area contributed by atoms with Crippen molar-refractivity contribution in [2.45, 2.75) is 13.1 Å². The van der Waals surface area contributed by atoms with E-state index in [0.717, 1.165) is 20.7 Å². The van der Waals surface area contributed by atoms with Crippen LogP contribution in [0.5, 0.6) is 0 Å². The highest BCUT2D eigenvalue weighted by Gasteiger charge is 2.53. The second-order valence-corrected chi connectivity index (χ2v) is 19.1. The maximum Gasteiger partial charge on any atom is 0.389 e. The Morgan fingerprint density at radius 2 is 0.588 bits per heavy atom. The molecule has 34 heavy (non-hydrogen) atoms. The maximum atomic E-state index is 7.04. The Morgan fingerprint density at radius 3 is 0.794 bits per heavy atom. The van der Waals surface area contributed by atoms with Crippen molar-refractivity contribution in [3.8, 4) is 0 Å². The van der Waals surface area contributed by atoms with Gasteiger partial charge in [0.2, 0.25) is 0 Å². The molecule has 0 bridgehead atoms. The number of hydrogen-bond acceptors (Lipinski definition) is 4. The van der Waals surface area contributed by atoms with Crippen LogP contribution in [0.3, 0.4) is 0 Å². The lowest BCUT2D eigenvalue weighted by atomic mass is 10.4. The fourth-order valence-corrected chi connectivity index (χ4v) is 22.3. The highest BCUT2D eigenvalue weighted by molar-refractivity contribution is 7.03. The summed E-state index contributed by atoms with van der Waals surface area (Å²) in [5.74, 6) is 0. The summed E-state index contributed by atoms with van der Waals surface area (Å²) in [6.45, 7) is 4.21. The molecule has 0 radical (unpaired) electrons. The zero-order valence-electron chi connectivity index (χ0n) is 19.3. The Balaban J connectivity index is 1.64. The third kappa shape index (κ3) is 4.47. The molecule has 5 rings (SSSR count). The quantitative estimate of drug-likeness (QED) is 0.390. The Bertz CT molecular complexity index is 1000. The van der Waals surface area contributed by atoms with Crippen LogP contribution in [0.25, 0.3) is 0 Å². The molecule has 1 saturated heterocycles. The molecule has 4 nitrogen and oxygen atoms in total. The zero-order chi connectivity index (χ0) is 23.4. The van der Waals surface area contributed by atoms with Gasteiger partial charge in [0.25, 0.3) is 0 Å². The van der Waals surface area contributed by atoms with Gasteiger partial charge >= 0.3 is 35.7 Å². The lowest BCUT2D eigenvalue weighted by Gasteiger charge is -2.44. The van der Waals surface area contributed by atoms with Gasteiger partial charge in [-0.3, -0.25) is 0 Å². The minimum atomic E-state index is -3.01. The summed E-state index contributed by atoms with van der Waals surface area (Å²) in [6, 6.07) is 41.4. The van der Waals surface area contributed by atoms with Crippen molar-refractivity contribution in [3.63, 3.8) is 0 Å². The molecule has 0 N–H and O–H groups in total. The number of rotatable bonds is 4. The van der Waals surface area contributed by atoms with E-state index < -0.39 is 35.7 Å². The first-order valence-electron chi connectivity index (χ1n) is 11.6. The van der Waals surface area contributed by atoms with E-state index in [1.54, 1.807) is 0 Å². The Morgan fingerprint density at radius 1 is 0.382 bits per heavy atom. The molecule has 0 aromatic heterocycles. The van der Waals surface area contributed by atoms with E-state index in [4.69, 9.17) is 16.5 Å². The summed E-state index contributed by atoms with van der Waals surface area (Å²) in [4.78, 5) is 0. The number of benzene rings is 4. The molecule has 0 aliphatic carbocycles. The van der Waals surface area contributed by atoms with Crippen LogP contribution in [0.1, 0.15) is 0 Å². The number of hydrogen-bond donors (Lipinski definition) is 0. The normalized spacial score (nSPS) is 21.8. The van der Waals surface area contributed by atoms with Gasteiger partial charge in [0.1, 0.15) is 0 Å². The molecule has 172 valence electrons. The SMILES string of the molecule is C[SiH]1O[Si](c2ccccc2)(c2ccccc2)O[SiH](C)O[Si](c2ccccc2)(c2ccccc2)O1. The molecule has 0 atom stereocenters. The zero-order valence-corrected chi connectivity index (χ0v) is 23.6. The fourth-order valence-electron chi connectivity index (χ4n) is 4.55. The summed E-state index contributed by atoms with van der Waals surface area (Å²) in [6.07, 6.45) is 0. The summed E-state index contributed by atoms with van der Waals surface area (Å²) in [7, 11) is -10.5. The largest absolute Gasteiger partial charge is 0.411 e. The molecular weight excluding hydrogens is 489 g/mol. The van der Waals surface area contributed by atoms with Gasteiger partial charge in [-0.2, -0.15) is 0 Å². The highest BCUT2D eigenvalue weighted by atomic mass is 28.5. The highest BCUT2D eigenvalue weighted by Crippen LogP contribution is 2.22. The molecule has 1 heterocycles. The van der Waals surface area contributed by atoms with E-state index in [1.165, 1.54) is 0 Å². The van der Waals surface area contributed by atoms with Gasteiger partial charge in [-0.15, -0.1) is 0 Å². The van der Waals surface area contributed by atoms with Crippen molar-refractivity contribution >= 4 is 56.4 Å². The fraction of sp³-hybridized carbons (Fsp3) is 0.0769. The average molecular weight is 517 g/mol. The van der Waals surface area contributed by atoms with Crippen LogP contribution in [0.2, 0.25) is 13.1 Å². The van der Waals surface area contributed by atoms with Gasteiger partial charge in [-0.1, -0.05) is 121 Å². The monoisotopic (exact) mass is 516 g/mol. The van der Waals surface area contributed by atoms with Crippen molar-refractivity contribution in [1.29, 1.82) is 0 Å². The molecule has 0 spiro atoms. The van der Waals surface area contributed by atoms with Crippen molar-refractivity contribution in [3.05, 3.63) is 121 Å². The predicted molar refractivity (Wildman–Crippen MR) is 146 cm³/mol. The van der Waals surface area contributed by atoms with Crippen molar-refractivity contribution in [2.75, 3.05) is 0 Å². The first kappa shape index (κ1) is 23.3. The molecule has 0 saturated carbocycles. The van der Waals surface area contributed by atoms with Gasteiger partial charge in [0, 0.05) is 0 Å². The molecular formula is C26H28O4Si4. The smallest absolute Gasteiger partial charge is 0.389 e. The van der Waals surface area contributed by atoms with Crippen LogP contribution in [-0.2, 0) is 16.5 Å². The molecule has 1 aliphatic heterocycles. The van der Waals surface area contributed by atoms with Crippen molar-refractivity contribution < 1.29 is 16.5 Å². The Labute approximate surface area is 206 Å². The third-order valence-corrected chi connectivity index (χ3v) is 20.9. The predicted octanol–water partition coefficient (Wildman–Crippen LogP) is 2.28. The van der Waals surface area contributed by atoms with Gasteiger partial charge in [0.15, 0.2) is 0 Å². The lowest BCUT2D eigenvalue weighted by molar-refractivity contribution is 0.281. The molecule has 4 aromatic carbocycles. The second-order valence-electron chi connectivity index (χ2n) is 8.30. The van der Waals surface area contributed by atoms with Crippen LogP contribution >= 0.6 is 0 Å². The van der Waals surface area contributed by atoms with Gasteiger partial charge < -0.3 is 16.5 Å². The summed E-state index contributed by atoms with van der Waals surface area (Å²) in [5.41, 5.74) is 0. The maximum absolute atomic E-state index is 7.04. The van der Waals surface area contributed by atoms with E-state index in [9.17, 15) is 0 Å². The van der Waals surface area contributed by atoms with E-state index in [1.807, 2.05) is 72.8 Å². The first-order chi connectivity index (χ1) is 16.6. The van der Waals surface area contributed by atoms with Crippen LogP contribution in [0.4, 0.5) is 0 Å². The van der Waals surface area contributed by atoms with E-state index in [0.29, 0.717) is 0 Å². The molecule has 8 heteroatoms. The van der Waals surface area contributed by atoms with Crippen LogP contribution in [0, 0.1) is 0 Å². The van der Waals surface area contributed by atoms with E-state index in [2.05, 4.69) is 61.6 Å². The summed E-state index contributed by atoms with van der Waals surface area (Å²) < 4.78 is 28.2. The minimum absolute atomic E-state index is 1.08. The van der Waals surface area contributed by atoms with Gasteiger partial charge in [0.05, 0.1) is 0 Å². The van der Waals surface area contributed by atoms with Crippen LogP contribution in [0.15, 0.2) is 121 Å². The lowest BCUT2D eigenvalue weighted by Crippen LogP contribution is -2.74.